The Morgan fingerprint density at radius 1 is 1.36 bits per heavy atom. The van der Waals surface area contributed by atoms with Crippen LogP contribution in [0.25, 0.3) is 0 Å². The quantitative estimate of drug-likeness (QED) is 0.575. The highest BCUT2D eigenvalue weighted by molar-refractivity contribution is 6.53. The molecular weight excluding hydrogens is 185 g/mol. The third-order valence-corrected chi connectivity index (χ3v) is 2.85. The number of carbonyl (C=O) groups excluding carboxylic acids is 1. The first kappa shape index (κ1) is 7.69. The largest absolute Gasteiger partial charge is 0.340 e. The Morgan fingerprint density at radius 2 is 1.91 bits per heavy atom. The molecule has 11 heavy (non-hydrogen) atoms. The van der Waals surface area contributed by atoms with Crippen molar-refractivity contribution in [2.24, 2.45) is 11.8 Å². The average molecular weight is 194 g/mol. The van der Waals surface area contributed by atoms with Crippen LogP contribution in [0.5, 0.6) is 0 Å². The van der Waals surface area contributed by atoms with E-state index in [4.69, 9.17) is 23.2 Å². The van der Waals surface area contributed by atoms with Crippen LogP contribution < -0.4 is 0 Å². The van der Waals surface area contributed by atoms with Gasteiger partial charge in [0.2, 0.25) is 0 Å². The normalized spacial score (nSPS) is 34.3. The molecule has 0 aromatic rings. The van der Waals surface area contributed by atoms with Gasteiger partial charge in [0.05, 0.1) is 0 Å². The number of halogens is 2. The number of rotatable bonds is 1. The maximum absolute atomic E-state index is 11.2. The van der Waals surface area contributed by atoms with Crippen LogP contribution in [0.2, 0.25) is 0 Å². The number of amides is 1. The number of carbonyl (C=O) groups is 1. The number of nitrogens with zero attached hydrogens (tertiary/aromatic N) is 1. The van der Waals surface area contributed by atoms with Crippen LogP contribution in [0.15, 0.2) is 0 Å². The van der Waals surface area contributed by atoms with Crippen molar-refractivity contribution < 1.29 is 4.79 Å². The number of hydrogen-bond acceptors (Lipinski definition) is 1. The molecule has 2 unspecified atom stereocenters. The van der Waals surface area contributed by atoms with E-state index in [9.17, 15) is 4.79 Å². The molecular formula is C7H9Cl2NO. The number of alkyl halides is 2. The first-order chi connectivity index (χ1) is 5.18. The summed E-state index contributed by atoms with van der Waals surface area (Å²) in [6, 6.07) is 0. The Balaban J connectivity index is 1.92. The summed E-state index contributed by atoms with van der Waals surface area (Å²) < 4.78 is 0. The van der Waals surface area contributed by atoms with Gasteiger partial charge in [0.15, 0.2) is 4.84 Å². The predicted octanol–water partition coefficient (Wildman–Crippen LogP) is 1.27. The van der Waals surface area contributed by atoms with Crippen molar-refractivity contribution in [1.82, 2.24) is 4.90 Å². The van der Waals surface area contributed by atoms with Crippen LogP contribution in [-0.4, -0.2) is 28.7 Å². The van der Waals surface area contributed by atoms with Gasteiger partial charge in [-0.1, -0.05) is 23.2 Å². The maximum Gasteiger partial charge on any atom is 0.255 e. The summed E-state index contributed by atoms with van der Waals surface area (Å²) in [4.78, 5) is 12.1. The van der Waals surface area contributed by atoms with Gasteiger partial charge >= 0.3 is 0 Å². The van der Waals surface area contributed by atoms with Gasteiger partial charge in [-0.2, -0.15) is 0 Å². The molecule has 2 nitrogen and oxygen atoms in total. The number of fused-ring (bicyclic) bond motifs is 1. The second-order valence-corrected chi connectivity index (χ2v) is 4.40. The minimum atomic E-state index is -0.868. The van der Waals surface area contributed by atoms with Gasteiger partial charge in [-0.05, 0) is 18.3 Å². The number of piperidine rings is 1. The molecule has 0 spiro atoms. The van der Waals surface area contributed by atoms with Gasteiger partial charge in [0.25, 0.3) is 5.91 Å². The molecule has 0 aromatic carbocycles. The first-order valence-corrected chi connectivity index (χ1v) is 4.62. The lowest BCUT2D eigenvalue weighted by atomic mass is 10.4. The molecule has 1 amide bonds. The second kappa shape index (κ2) is 2.53. The van der Waals surface area contributed by atoms with E-state index in [1.807, 2.05) is 0 Å². The van der Waals surface area contributed by atoms with Crippen molar-refractivity contribution in [3.8, 4) is 0 Å². The van der Waals surface area contributed by atoms with Crippen LogP contribution in [0.4, 0.5) is 0 Å². The van der Waals surface area contributed by atoms with Crippen molar-refractivity contribution in [3.63, 3.8) is 0 Å². The van der Waals surface area contributed by atoms with Gasteiger partial charge in [-0.15, -0.1) is 0 Å². The summed E-state index contributed by atoms with van der Waals surface area (Å²) in [7, 11) is 0. The Morgan fingerprint density at radius 3 is 2.36 bits per heavy atom. The van der Waals surface area contributed by atoms with E-state index in [0.29, 0.717) is 0 Å². The van der Waals surface area contributed by atoms with Crippen molar-refractivity contribution in [2.45, 2.75) is 11.3 Å². The molecule has 1 heterocycles. The molecule has 4 heteroatoms. The molecule has 1 saturated carbocycles. The molecule has 2 atom stereocenters. The molecule has 2 rings (SSSR count). The molecule has 0 radical (unpaired) electrons. The van der Waals surface area contributed by atoms with Gasteiger partial charge in [0, 0.05) is 13.1 Å². The van der Waals surface area contributed by atoms with Crippen LogP contribution in [0, 0.1) is 11.8 Å². The molecule has 62 valence electrons. The molecule has 2 aliphatic rings. The van der Waals surface area contributed by atoms with Crippen LogP contribution >= 0.6 is 23.2 Å². The van der Waals surface area contributed by atoms with E-state index in [2.05, 4.69) is 0 Å². The number of likely N-dealkylation sites (tertiary alicyclic amines) is 1. The van der Waals surface area contributed by atoms with E-state index < -0.39 is 4.84 Å². The summed E-state index contributed by atoms with van der Waals surface area (Å²) in [6.45, 7) is 1.75. The molecule has 0 N–H and O–H groups in total. The maximum atomic E-state index is 11.2. The lowest BCUT2D eigenvalue weighted by Crippen LogP contribution is -2.34. The Labute approximate surface area is 75.4 Å². The summed E-state index contributed by atoms with van der Waals surface area (Å²) in [5, 5.41) is 0. The SMILES string of the molecule is O=C(C(Cl)Cl)N1CC2CC2C1. The molecule has 0 aromatic heterocycles. The summed E-state index contributed by atoms with van der Waals surface area (Å²) >= 11 is 10.9. The minimum absolute atomic E-state index is 0.125. The van der Waals surface area contributed by atoms with E-state index in [0.717, 1.165) is 24.9 Å². The van der Waals surface area contributed by atoms with Crippen molar-refractivity contribution in [2.75, 3.05) is 13.1 Å². The topological polar surface area (TPSA) is 20.3 Å². The van der Waals surface area contributed by atoms with E-state index in [-0.39, 0.29) is 5.91 Å². The van der Waals surface area contributed by atoms with Crippen LogP contribution in [-0.2, 0) is 4.79 Å². The van der Waals surface area contributed by atoms with Gasteiger partial charge in [-0.3, -0.25) is 4.79 Å². The van der Waals surface area contributed by atoms with Gasteiger partial charge in [-0.25, -0.2) is 0 Å². The smallest absolute Gasteiger partial charge is 0.255 e. The fraction of sp³-hybridized carbons (Fsp3) is 0.857. The molecule has 1 saturated heterocycles. The standard InChI is InChI=1S/C7H9Cl2NO/c8-6(9)7(11)10-2-4-1-5(4)3-10/h4-6H,1-3H2. The monoisotopic (exact) mass is 193 g/mol. The van der Waals surface area contributed by atoms with Crippen molar-refractivity contribution in [3.05, 3.63) is 0 Å². The van der Waals surface area contributed by atoms with E-state index >= 15 is 0 Å². The molecule has 0 bridgehead atoms. The minimum Gasteiger partial charge on any atom is -0.340 e. The Kier molecular flexibility index (Phi) is 1.77. The van der Waals surface area contributed by atoms with Gasteiger partial charge in [0.1, 0.15) is 0 Å². The highest BCUT2D eigenvalue weighted by Gasteiger charge is 2.47. The zero-order valence-corrected chi connectivity index (χ0v) is 7.48. The Bertz CT molecular complexity index is 185. The van der Waals surface area contributed by atoms with Crippen LogP contribution in [0.3, 0.4) is 0 Å². The lowest BCUT2D eigenvalue weighted by molar-refractivity contribution is -0.128. The highest BCUT2D eigenvalue weighted by Crippen LogP contribution is 2.45. The average Bonchev–Trinajstić information content (AvgIpc) is 2.57. The van der Waals surface area contributed by atoms with E-state index in [1.54, 1.807) is 4.90 Å². The third-order valence-electron chi connectivity index (χ3n) is 2.48. The van der Waals surface area contributed by atoms with Crippen molar-refractivity contribution in [1.29, 1.82) is 0 Å². The second-order valence-electron chi connectivity index (χ2n) is 3.30. The summed E-state index contributed by atoms with van der Waals surface area (Å²) in [5.74, 6) is 1.39. The fourth-order valence-corrected chi connectivity index (χ4v) is 1.99. The number of hydrogen-bond donors (Lipinski definition) is 0. The van der Waals surface area contributed by atoms with Crippen LogP contribution in [0.1, 0.15) is 6.42 Å². The third kappa shape index (κ3) is 1.34. The first-order valence-electron chi connectivity index (χ1n) is 3.75. The van der Waals surface area contributed by atoms with Gasteiger partial charge < -0.3 is 4.90 Å². The molecule has 2 fully saturated rings. The molecule has 1 aliphatic carbocycles. The van der Waals surface area contributed by atoms with E-state index in [1.165, 1.54) is 6.42 Å². The van der Waals surface area contributed by atoms with Crippen molar-refractivity contribution >= 4 is 29.1 Å². The Hall–Kier alpha value is 0.0500. The highest BCUT2D eigenvalue weighted by atomic mass is 35.5. The lowest BCUT2D eigenvalue weighted by Gasteiger charge is -2.17. The predicted molar refractivity (Wildman–Crippen MR) is 43.7 cm³/mol. The molecule has 1 aliphatic heterocycles. The zero-order chi connectivity index (χ0) is 8.01. The summed E-state index contributed by atoms with van der Waals surface area (Å²) in [5.41, 5.74) is 0. The summed E-state index contributed by atoms with van der Waals surface area (Å²) in [6.07, 6.45) is 1.29. The zero-order valence-electron chi connectivity index (χ0n) is 5.96. The fourth-order valence-electron chi connectivity index (χ4n) is 1.72.